The highest BCUT2D eigenvalue weighted by Crippen LogP contribution is 2.35. The molecular weight excluding hydrogens is 490 g/mol. The summed E-state index contributed by atoms with van der Waals surface area (Å²) in [6.07, 6.45) is 6.80. The highest BCUT2D eigenvalue weighted by Gasteiger charge is 2.23. The molecule has 0 atom stereocenters. The van der Waals surface area contributed by atoms with Crippen molar-refractivity contribution >= 4 is 38.3 Å². The molecular formula is C22H18ClN9O2S. The summed E-state index contributed by atoms with van der Waals surface area (Å²) in [6, 6.07) is 8.86. The molecule has 0 saturated heterocycles. The normalized spacial score (nSPS) is 11.6. The average Bonchev–Trinajstić information content (AvgIpc) is 3.54. The number of rotatable bonds is 6. The van der Waals surface area contributed by atoms with Crippen molar-refractivity contribution in [1.29, 1.82) is 5.26 Å². The summed E-state index contributed by atoms with van der Waals surface area (Å²) < 4.78 is 31.5. The van der Waals surface area contributed by atoms with E-state index in [2.05, 4.69) is 30.0 Å². The van der Waals surface area contributed by atoms with Gasteiger partial charge in [-0.25, -0.2) is 18.4 Å². The minimum atomic E-state index is -3.88. The van der Waals surface area contributed by atoms with Gasteiger partial charge in [0.05, 0.1) is 22.5 Å². The van der Waals surface area contributed by atoms with Crippen molar-refractivity contribution in [3.63, 3.8) is 0 Å². The number of hydrogen-bond donors (Lipinski definition) is 2. The van der Waals surface area contributed by atoms with Crippen LogP contribution in [0.2, 0.25) is 5.02 Å². The monoisotopic (exact) mass is 507 g/mol. The van der Waals surface area contributed by atoms with Crippen molar-refractivity contribution in [1.82, 2.24) is 34.5 Å². The number of aryl methyl sites for hydroxylation is 2. The first kappa shape index (κ1) is 22.6. The van der Waals surface area contributed by atoms with Gasteiger partial charge < -0.3 is 4.57 Å². The molecule has 0 bridgehead atoms. The number of sulfonamides is 1. The van der Waals surface area contributed by atoms with Gasteiger partial charge in [-0.2, -0.15) is 15.5 Å². The molecule has 4 aromatic heterocycles. The van der Waals surface area contributed by atoms with Crippen molar-refractivity contribution < 1.29 is 8.42 Å². The molecule has 0 amide bonds. The quantitative estimate of drug-likeness (QED) is 0.358. The molecule has 0 radical (unpaired) electrons. The molecule has 11 nitrogen and oxygen atoms in total. The zero-order chi connectivity index (χ0) is 24.7. The van der Waals surface area contributed by atoms with Crippen LogP contribution in [0, 0.1) is 11.3 Å². The van der Waals surface area contributed by atoms with E-state index in [1.165, 1.54) is 0 Å². The van der Waals surface area contributed by atoms with Crippen LogP contribution >= 0.6 is 11.6 Å². The van der Waals surface area contributed by atoms with Gasteiger partial charge in [0.25, 0.3) is 0 Å². The minimum absolute atomic E-state index is 0.177. The summed E-state index contributed by atoms with van der Waals surface area (Å²) in [6.45, 7) is 0. The number of fused-ring (bicyclic) bond motifs is 1. The van der Waals surface area contributed by atoms with Gasteiger partial charge in [0.1, 0.15) is 23.2 Å². The van der Waals surface area contributed by atoms with Crippen LogP contribution in [0.1, 0.15) is 11.3 Å². The van der Waals surface area contributed by atoms with E-state index >= 15 is 0 Å². The molecule has 13 heteroatoms. The molecule has 4 heterocycles. The lowest BCUT2D eigenvalue weighted by molar-refractivity contribution is 0.600. The Morgan fingerprint density at radius 2 is 2.00 bits per heavy atom. The number of nitrogens with one attached hydrogen (secondary N) is 2. The lowest BCUT2D eigenvalue weighted by Gasteiger charge is -2.13. The molecule has 0 aliphatic carbocycles. The van der Waals surface area contributed by atoms with Crippen molar-refractivity contribution in [3.05, 3.63) is 65.3 Å². The number of aromatic amines is 1. The van der Waals surface area contributed by atoms with Gasteiger partial charge in [-0.1, -0.05) is 11.6 Å². The summed E-state index contributed by atoms with van der Waals surface area (Å²) >= 11 is 6.43. The van der Waals surface area contributed by atoms with Crippen LogP contribution in [-0.4, -0.2) is 42.9 Å². The molecule has 35 heavy (non-hydrogen) atoms. The maximum absolute atomic E-state index is 12.9. The van der Waals surface area contributed by atoms with Crippen LogP contribution in [0.5, 0.6) is 0 Å². The first-order chi connectivity index (χ1) is 16.7. The van der Waals surface area contributed by atoms with Gasteiger partial charge in [-0.05, 0) is 29.8 Å². The Kier molecular flexibility index (Phi) is 5.50. The SMILES string of the molecule is Cn1ccc(CS(=O)(=O)Nc2nc(-c3ccn(C)n3)c(-c3cc(Cl)c4[nH]ncc4c3)nc2C#N)c1. The molecule has 0 fully saturated rings. The van der Waals surface area contributed by atoms with Crippen LogP contribution in [0.25, 0.3) is 33.5 Å². The number of nitrogens with zero attached hydrogens (tertiary/aromatic N) is 7. The number of halogens is 1. The molecule has 0 spiro atoms. The smallest absolute Gasteiger partial charge is 0.238 e. The summed E-state index contributed by atoms with van der Waals surface area (Å²) in [5, 5.41) is 22.2. The van der Waals surface area contributed by atoms with Crippen LogP contribution in [0.15, 0.2) is 49.1 Å². The van der Waals surface area contributed by atoms with E-state index in [0.29, 0.717) is 38.7 Å². The van der Waals surface area contributed by atoms with Crippen molar-refractivity contribution in [2.75, 3.05) is 4.72 Å². The predicted octanol–water partition coefficient (Wildman–Crippen LogP) is 3.23. The van der Waals surface area contributed by atoms with Crippen molar-refractivity contribution in [2.45, 2.75) is 5.75 Å². The number of anilines is 1. The summed E-state index contributed by atoms with van der Waals surface area (Å²) in [5.74, 6) is -0.461. The van der Waals surface area contributed by atoms with Gasteiger partial charge in [0.15, 0.2) is 11.5 Å². The average molecular weight is 508 g/mol. The maximum Gasteiger partial charge on any atom is 0.238 e. The zero-order valence-corrected chi connectivity index (χ0v) is 20.1. The number of aromatic nitrogens is 7. The lowest BCUT2D eigenvalue weighted by Crippen LogP contribution is -2.18. The van der Waals surface area contributed by atoms with E-state index in [1.807, 2.05) is 12.1 Å². The fourth-order valence-corrected chi connectivity index (χ4v) is 5.09. The molecule has 0 saturated carbocycles. The first-order valence-electron chi connectivity index (χ1n) is 10.3. The Hall–Kier alpha value is -4.21. The van der Waals surface area contributed by atoms with Gasteiger partial charge in [0, 0.05) is 43.6 Å². The fraction of sp³-hybridized carbons (Fsp3) is 0.136. The third-order valence-corrected chi connectivity index (χ3v) is 6.75. The molecule has 5 aromatic rings. The van der Waals surface area contributed by atoms with E-state index in [9.17, 15) is 13.7 Å². The molecule has 0 aliphatic rings. The van der Waals surface area contributed by atoms with Gasteiger partial charge in [-0.3, -0.25) is 14.5 Å². The van der Waals surface area contributed by atoms with E-state index in [0.717, 1.165) is 5.39 Å². The summed E-state index contributed by atoms with van der Waals surface area (Å²) in [7, 11) is -0.335. The van der Waals surface area contributed by atoms with Gasteiger partial charge in [0.2, 0.25) is 10.0 Å². The molecule has 0 unspecified atom stereocenters. The van der Waals surface area contributed by atoms with Crippen LogP contribution in [0.4, 0.5) is 5.82 Å². The number of nitriles is 1. The molecule has 2 N–H and O–H groups in total. The number of H-pyrrole nitrogens is 1. The second kappa shape index (κ2) is 8.53. The molecule has 0 aliphatic heterocycles. The third kappa shape index (κ3) is 4.46. The molecule has 5 rings (SSSR count). The topological polar surface area (TPSA) is 147 Å². The predicted molar refractivity (Wildman–Crippen MR) is 131 cm³/mol. The Morgan fingerprint density at radius 3 is 2.69 bits per heavy atom. The van der Waals surface area contributed by atoms with Crippen molar-refractivity contribution in [2.24, 2.45) is 14.1 Å². The zero-order valence-electron chi connectivity index (χ0n) is 18.6. The highest BCUT2D eigenvalue weighted by molar-refractivity contribution is 7.91. The number of benzene rings is 1. The second-order valence-corrected chi connectivity index (χ2v) is 10.1. The maximum atomic E-state index is 12.9. The molecule has 1 aromatic carbocycles. The van der Waals surface area contributed by atoms with Gasteiger partial charge in [-0.15, -0.1) is 0 Å². The lowest BCUT2D eigenvalue weighted by atomic mass is 10.1. The minimum Gasteiger partial charge on any atom is -0.357 e. The van der Waals surface area contributed by atoms with Crippen LogP contribution in [-0.2, 0) is 29.9 Å². The Morgan fingerprint density at radius 1 is 1.17 bits per heavy atom. The summed E-state index contributed by atoms with van der Waals surface area (Å²) in [4.78, 5) is 8.99. The number of hydrogen-bond acceptors (Lipinski definition) is 7. The fourth-order valence-electron chi connectivity index (χ4n) is 3.71. The summed E-state index contributed by atoms with van der Waals surface area (Å²) in [5.41, 5.74) is 2.72. The largest absolute Gasteiger partial charge is 0.357 e. The van der Waals surface area contributed by atoms with Gasteiger partial charge >= 0.3 is 0 Å². The van der Waals surface area contributed by atoms with Crippen LogP contribution < -0.4 is 4.72 Å². The Bertz CT molecular complexity index is 1730. The van der Waals surface area contributed by atoms with E-state index in [4.69, 9.17) is 11.6 Å². The Labute approximate surface area is 205 Å². The first-order valence-corrected chi connectivity index (χ1v) is 12.3. The highest BCUT2D eigenvalue weighted by atomic mass is 35.5. The molecule has 176 valence electrons. The standard InChI is InChI=1S/C22H18ClN9O2S/c1-31-5-3-13(11-31)12-35(33,34)30-22-18(9-24)26-20(21(27-22)17-4-6-32(2)29-17)14-7-15-10-25-28-19(15)16(23)8-14/h3-8,10-11H,12H2,1-2H3,(H,25,28)(H,27,30). The van der Waals surface area contributed by atoms with E-state index < -0.39 is 10.0 Å². The van der Waals surface area contributed by atoms with E-state index in [-0.39, 0.29) is 17.3 Å². The van der Waals surface area contributed by atoms with Crippen molar-refractivity contribution in [3.8, 4) is 28.7 Å². The third-order valence-electron chi connectivity index (χ3n) is 5.23. The van der Waals surface area contributed by atoms with E-state index in [1.54, 1.807) is 66.3 Å². The Balaban J connectivity index is 1.65. The second-order valence-electron chi connectivity index (χ2n) is 7.94. The van der Waals surface area contributed by atoms with Crippen LogP contribution in [0.3, 0.4) is 0 Å².